The molecule has 0 spiro atoms. The van der Waals surface area contributed by atoms with E-state index in [9.17, 15) is 5.11 Å². The smallest absolute Gasteiger partial charge is 0.164 e. The first-order valence-electron chi connectivity index (χ1n) is 8.50. The summed E-state index contributed by atoms with van der Waals surface area (Å²) >= 11 is 0. The van der Waals surface area contributed by atoms with Crippen LogP contribution >= 0.6 is 0 Å². The van der Waals surface area contributed by atoms with Crippen molar-refractivity contribution >= 4 is 0 Å². The summed E-state index contributed by atoms with van der Waals surface area (Å²) in [6.07, 6.45) is 0.685. The molecule has 2 aliphatic rings. The first-order chi connectivity index (χ1) is 11.5. The van der Waals surface area contributed by atoms with Crippen molar-refractivity contribution in [2.24, 2.45) is 0 Å². The van der Waals surface area contributed by atoms with E-state index in [-0.39, 0.29) is 6.10 Å². The predicted molar refractivity (Wildman–Crippen MR) is 92.0 cm³/mol. The molecule has 6 nitrogen and oxygen atoms in total. The van der Waals surface area contributed by atoms with Gasteiger partial charge in [-0.25, -0.2) is 0 Å². The lowest BCUT2D eigenvalue weighted by atomic mass is 10.1. The fourth-order valence-corrected chi connectivity index (χ4v) is 3.93. The van der Waals surface area contributed by atoms with Crippen LogP contribution in [0.25, 0.3) is 0 Å². The zero-order valence-corrected chi connectivity index (χ0v) is 15.0. The Bertz CT molecular complexity index is 580. The molecular formula is C18H28N2O4. The summed E-state index contributed by atoms with van der Waals surface area (Å²) < 4.78 is 16.4. The number of benzene rings is 1. The molecule has 3 atom stereocenters. The van der Waals surface area contributed by atoms with Crippen LogP contribution in [0.2, 0.25) is 0 Å². The van der Waals surface area contributed by atoms with E-state index in [1.54, 1.807) is 21.3 Å². The first kappa shape index (κ1) is 17.3. The average molecular weight is 336 g/mol. The maximum absolute atomic E-state index is 9.92. The third-order valence-corrected chi connectivity index (χ3v) is 5.23. The van der Waals surface area contributed by atoms with Gasteiger partial charge in [-0.2, -0.15) is 0 Å². The van der Waals surface area contributed by atoms with Crippen LogP contribution in [0.3, 0.4) is 0 Å². The number of rotatable bonds is 5. The summed E-state index contributed by atoms with van der Waals surface area (Å²) in [5.41, 5.74) is 1.09. The zero-order chi connectivity index (χ0) is 17.3. The number of methoxy groups -OCH3 is 3. The Labute approximate surface area is 143 Å². The Kier molecular flexibility index (Phi) is 5.18. The minimum absolute atomic E-state index is 0.183. The summed E-state index contributed by atoms with van der Waals surface area (Å²) in [4.78, 5) is 4.88. The molecule has 0 bridgehead atoms. The van der Waals surface area contributed by atoms with Crippen molar-refractivity contribution in [1.29, 1.82) is 0 Å². The van der Waals surface area contributed by atoms with Gasteiger partial charge in [-0.3, -0.25) is 9.80 Å². The number of piperazine rings is 1. The quantitative estimate of drug-likeness (QED) is 0.876. The third-order valence-electron chi connectivity index (χ3n) is 5.23. The Balaban J connectivity index is 1.79. The van der Waals surface area contributed by atoms with Crippen molar-refractivity contribution in [3.8, 4) is 17.2 Å². The Morgan fingerprint density at radius 2 is 1.67 bits per heavy atom. The van der Waals surface area contributed by atoms with E-state index in [1.165, 1.54) is 0 Å². The summed E-state index contributed by atoms with van der Waals surface area (Å²) in [6.45, 7) is 5.81. The molecular weight excluding hydrogens is 308 g/mol. The highest BCUT2D eigenvalue weighted by Gasteiger charge is 2.38. The number of hydrogen-bond donors (Lipinski definition) is 1. The van der Waals surface area contributed by atoms with Gasteiger partial charge in [0.05, 0.1) is 27.4 Å². The lowest BCUT2D eigenvalue weighted by Gasteiger charge is -2.42. The molecule has 1 aromatic carbocycles. The van der Waals surface area contributed by atoms with Crippen LogP contribution in [0.1, 0.15) is 18.9 Å². The number of nitrogens with zero attached hydrogens (tertiary/aromatic N) is 2. The topological polar surface area (TPSA) is 54.4 Å². The van der Waals surface area contributed by atoms with E-state index in [4.69, 9.17) is 14.2 Å². The highest BCUT2D eigenvalue weighted by atomic mass is 16.5. The summed E-state index contributed by atoms with van der Waals surface area (Å²) in [6, 6.07) is 4.76. The second-order valence-electron chi connectivity index (χ2n) is 6.79. The minimum Gasteiger partial charge on any atom is -0.496 e. The molecule has 0 aromatic heterocycles. The van der Waals surface area contributed by atoms with Crippen LogP contribution in [-0.4, -0.2) is 74.1 Å². The lowest BCUT2D eigenvalue weighted by molar-refractivity contribution is 0.0523. The number of hydrogen-bond acceptors (Lipinski definition) is 6. The van der Waals surface area contributed by atoms with Gasteiger partial charge in [-0.05, 0) is 19.4 Å². The minimum atomic E-state index is -0.183. The van der Waals surface area contributed by atoms with Crippen molar-refractivity contribution in [3.05, 3.63) is 17.7 Å². The Morgan fingerprint density at radius 1 is 1.00 bits per heavy atom. The van der Waals surface area contributed by atoms with Gasteiger partial charge in [0.2, 0.25) is 0 Å². The first-order valence-corrected chi connectivity index (χ1v) is 8.50. The molecule has 1 N–H and O–H groups in total. The van der Waals surface area contributed by atoms with Crippen molar-refractivity contribution < 1.29 is 19.3 Å². The van der Waals surface area contributed by atoms with Crippen LogP contribution in [0.4, 0.5) is 0 Å². The highest BCUT2D eigenvalue weighted by Crippen LogP contribution is 2.36. The molecule has 0 aliphatic carbocycles. The molecule has 6 heteroatoms. The molecule has 1 aromatic rings. The van der Waals surface area contributed by atoms with Crippen LogP contribution in [0.15, 0.2) is 12.1 Å². The average Bonchev–Trinajstić information content (AvgIpc) is 2.93. The number of aliphatic hydroxyl groups excluding tert-OH is 1. The third kappa shape index (κ3) is 3.31. The fourth-order valence-electron chi connectivity index (χ4n) is 3.93. The molecule has 0 radical (unpaired) electrons. The van der Waals surface area contributed by atoms with E-state index in [1.807, 2.05) is 12.1 Å². The number of ether oxygens (including phenoxy) is 3. The van der Waals surface area contributed by atoms with E-state index >= 15 is 0 Å². The summed E-state index contributed by atoms with van der Waals surface area (Å²) in [7, 11) is 4.96. The highest BCUT2D eigenvalue weighted by molar-refractivity contribution is 5.50. The maximum Gasteiger partial charge on any atom is 0.164 e. The second-order valence-corrected chi connectivity index (χ2v) is 6.79. The standard InChI is InChI=1S/C18H28N2O4/c1-12-8-20-11-15(21)6-14(20)10-19(12)9-13-5-17(23-3)18(24-4)7-16(13)22-2/h5,7,12,14-15,21H,6,8-11H2,1-4H3/t12-,14+,15+/m0/s1. The maximum atomic E-state index is 9.92. The van der Waals surface area contributed by atoms with Crippen LogP contribution in [0, 0.1) is 0 Å². The summed E-state index contributed by atoms with van der Waals surface area (Å²) in [5.74, 6) is 2.21. The SMILES string of the molecule is COc1cc(OC)c(OC)cc1CN1C[C@H]2C[C@@H](O)CN2C[C@@H]1C. The van der Waals surface area contributed by atoms with Gasteiger partial charge in [0, 0.05) is 49.9 Å². The molecule has 2 heterocycles. The van der Waals surface area contributed by atoms with Gasteiger partial charge >= 0.3 is 0 Å². The Morgan fingerprint density at radius 3 is 2.33 bits per heavy atom. The molecule has 2 fully saturated rings. The normalized spacial score (nSPS) is 27.8. The van der Waals surface area contributed by atoms with Gasteiger partial charge in [-0.15, -0.1) is 0 Å². The molecule has 0 amide bonds. The summed E-state index contributed by atoms with van der Waals surface area (Å²) in [5, 5.41) is 9.92. The van der Waals surface area contributed by atoms with Crippen molar-refractivity contribution in [1.82, 2.24) is 9.80 Å². The van der Waals surface area contributed by atoms with Gasteiger partial charge in [0.25, 0.3) is 0 Å². The molecule has 2 saturated heterocycles. The monoisotopic (exact) mass is 336 g/mol. The second kappa shape index (κ2) is 7.17. The van der Waals surface area contributed by atoms with E-state index < -0.39 is 0 Å². The van der Waals surface area contributed by atoms with Crippen LogP contribution < -0.4 is 14.2 Å². The number of fused-ring (bicyclic) bond motifs is 1. The fraction of sp³-hybridized carbons (Fsp3) is 0.667. The van der Waals surface area contributed by atoms with Gasteiger partial charge in [0.1, 0.15) is 5.75 Å². The molecule has 0 saturated carbocycles. The van der Waals surface area contributed by atoms with Gasteiger partial charge < -0.3 is 19.3 Å². The lowest BCUT2D eigenvalue weighted by Crippen LogP contribution is -2.54. The van der Waals surface area contributed by atoms with Crippen molar-refractivity contribution in [3.63, 3.8) is 0 Å². The van der Waals surface area contributed by atoms with Gasteiger partial charge in [0.15, 0.2) is 11.5 Å². The van der Waals surface area contributed by atoms with E-state index in [0.29, 0.717) is 17.8 Å². The molecule has 24 heavy (non-hydrogen) atoms. The van der Waals surface area contributed by atoms with Crippen LogP contribution in [0.5, 0.6) is 17.2 Å². The van der Waals surface area contributed by atoms with E-state index in [0.717, 1.165) is 49.7 Å². The van der Waals surface area contributed by atoms with Crippen molar-refractivity contribution in [2.45, 2.75) is 38.1 Å². The van der Waals surface area contributed by atoms with E-state index in [2.05, 4.69) is 16.7 Å². The molecule has 0 unspecified atom stereocenters. The zero-order valence-electron chi connectivity index (χ0n) is 15.0. The molecule has 134 valence electrons. The van der Waals surface area contributed by atoms with Crippen molar-refractivity contribution in [2.75, 3.05) is 41.0 Å². The predicted octanol–water partition coefficient (Wildman–Crippen LogP) is 1.35. The number of aliphatic hydroxyl groups is 1. The Hall–Kier alpha value is -1.50. The van der Waals surface area contributed by atoms with Gasteiger partial charge in [-0.1, -0.05) is 0 Å². The largest absolute Gasteiger partial charge is 0.496 e. The van der Waals surface area contributed by atoms with Crippen LogP contribution in [-0.2, 0) is 6.54 Å². The molecule has 2 aliphatic heterocycles. The molecule has 3 rings (SSSR count).